The van der Waals surface area contributed by atoms with Crippen LogP contribution in [0.2, 0.25) is 16.6 Å². The first-order valence-electron chi connectivity index (χ1n) is 11.2. The molecule has 0 radical (unpaired) electrons. The lowest BCUT2D eigenvalue weighted by Gasteiger charge is -2.45. The molecule has 0 aromatic carbocycles. The van der Waals surface area contributed by atoms with Crippen molar-refractivity contribution in [3.05, 3.63) is 11.1 Å². The normalized spacial score (nSPS) is 20.3. The van der Waals surface area contributed by atoms with Crippen LogP contribution in [-0.2, 0) is 4.43 Å². The van der Waals surface area contributed by atoms with Gasteiger partial charge in [-0.1, -0.05) is 79.4 Å². The molecule has 0 amide bonds. The van der Waals surface area contributed by atoms with Crippen LogP contribution in [0, 0.1) is 5.92 Å². The third kappa shape index (κ3) is 4.10. The molecule has 0 atom stereocenters. The van der Waals surface area contributed by atoms with E-state index in [0.717, 1.165) is 5.92 Å². The van der Waals surface area contributed by atoms with Crippen molar-refractivity contribution in [1.82, 2.24) is 0 Å². The summed E-state index contributed by atoms with van der Waals surface area (Å²) in [6.45, 7) is 19.2. The largest absolute Gasteiger partial charge is 0.410 e. The Morgan fingerprint density at radius 1 is 0.840 bits per heavy atom. The summed E-state index contributed by atoms with van der Waals surface area (Å²) in [7, 11) is -1.77. The minimum atomic E-state index is -1.77. The fraction of sp³-hybridized carbons (Fsp3) is 0.913. The second-order valence-corrected chi connectivity index (χ2v) is 15.1. The number of rotatable bonds is 12. The van der Waals surface area contributed by atoms with Crippen LogP contribution < -0.4 is 0 Å². The molecule has 0 saturated heterocycles. The summed E-state index contributed by atoms with van der Waals surface area (Å²) in [5, 5.41) is 0. The van der Waals surface area contributed by atoms with Gasteiger partial charge in [-0.2, -0.15) is 0 Å². The van der Waals surface area contributed by atoms with E-state index in [-0.39, 0.29) is 5.60 Å². The molecule has 0 aromatic rings. The van der Waals surface area contributed by atoms with Gasteiger partial charge in [0.25, 0.3) is 0 Å². The first kappa shape index (κ1) is 21.2. The number of hydrogen-bond acceptors (Lipinski definition) is 1. The third-order valence-electron chi connectivity index (χ3n) is 6.98. The van der Waals surface area contributed by atoms with Gasteiger partial charge in [0.05, 0.1) is 5.60 Å². The van der Waals surface area contributed by atoms with Gasteiger partial charge < -0.3 is 4.43 Å². The molecule has 0 heterocycles. The summed E-state index contributed by atoms with van der Waals surface area (Å²) >= 11 is 0. The Hall–Kier alpha value is -0.0831. The maximum absolute atomic E-state index is 7.36. The van der Waals surface area contributed by atoms with Gasteiger partial charge in [0.2, 0.25) is 8.32 Å². The molecule has 2 rings (SSSR count). The highest BCUT2D eigenvalue weighted by atomic mass is 28.4. The van der Waals surface area contributed by atoms with Crippen molar-refractivity contribution in [2.24, 2.45) is 5.92 Å². The maximum Gasteiger partial charge on any atom is 0.201 e. The Kier molecular flexibility index (Phi) is 7.04. The van der Waals surface area contributed by atoms with E-state index in [1.54, 1.807) is 0 Å². The first-order valence-corrected chi connectivity index (χ1v) is 13.3. The van der Waals surface area contributed by atoms with Crippen LogP contribution in [0.15, 0.2) is 11.1 Å². The highest BCUT2D eigenvalue weighted by Crippen LogP contribution is 2.64. The van der Waals surface area contributed by atoms with Crippen molar-refractivity contribution in [2.75, 3.05) is 0 Å². The van der Waals surface area contributed by atoms with E-state index >= 15 is 0 Å². The highest BCUT2D eigenvalue weighted by Gasteiger charge is 2.63. The van der Waals surface area contributed by atoms with E-state index in [9.17, 15) is 0 Å². The molecule has 2 heteroatoms. The van der Waals surface area contributed by atoms with Gasteiger partial charge in [0.1, 0.15) is 0 Å². The zero-order valence-electron chi connectivity index (χ0n) is 18.4. The molecule has 1 fully saturated rings. The zero-order valence-corrected chi connectivity index (χ0v) is 19.4. The van der Waals surface area contributed by atoms with Gasteiger partial charge in [-0.25, -0.2) is 0 Å². The quantitative estimate of drug-likeness (QED) is 0.251. The van der Waals surface area contributed by atoms with Crippen molar-refractivity contribution in [3.8, 4) is 0 Å². The van der Waals surface area contributed by atoms with Gasteiger partial charge in [0, 0.05) is 5.92 Å². The lowest BCUT2D eigenvalue weighted by molar-refractivity contribution is 0.131. The van der Waals surface area contributed by atoms with Crippen LogP contribution >= 0.6 is 0 Å². The maximum atomic E-state index is 7.36. The van der Waals surface area contributed by atoms with Crippen LogP contribution in [0.3, 0.4) is 0 Å². The Morgan fingerprint density at radius 3 is 1.52 bits per heavy atom. The molecule has 2 aliphatic rings. The summed E-state index contributed by atoms with van der Waals surface area (Å²) in [5.41, 5.74) is 5.93. The van der Waals surface area contributed by atoms with Crippen LogP contribution in [0.25, 0.3) is 0 Å². The summed E-state index contributed by atoms with van der Waals surface area (Å²) < 4.78 is 7.36. The molecular weight excluding hydrogens is 320 g/mol. The molecule has 0 bridgehead atoms. The van der Waals surface area contributed by atoms with Crippen LogP contribution in [0.5, 0.6) is 0 Å². The molecule has 0 aromatic heterocycles. The highest BCUT2D eigenvalue weighted by molar-refractivity contribution is 6.77. The summed E-state index contributed by atoms with van der Waals surface area (Å²) in [6.07, 6.45) is 10.6. The molecular formula is C23H44OSi. The van der Waals surface area contributed by atoms with Gasteiger partial charge in [-0.05, 0) is 55.1 Å². The molecule has 0 unspecified atom stereocenters. The first-order chi connectivity index (χ1) is 11.8. The summed E-state index contributed by atoms with van der Waals surface area (Å²) in [5.74, 6) is 0.730. The van der Waals surface area contributed by atoms with Crippen molar-refractivity contribution in [1.29, 1.82) is 0 Å². The third-order valence-corrected chi connectivity index (χ3v) is 13.2. The average molecular weight is 365 g/mol. The van der Waals surface area contributed by atoms with Crippen molar-refractivity contribution >= 4 is 8.32 Å². The van der Waals surface area contributed by atoms with Crippen LogP contribution in [0.1, 0.15) is 107 Å². The van der Waals surface area contributed by atoms with Gasteiger partial charge in [-0.3, -0.25) is 0 Å². The van der Waals surface area contributed by atoms with Crippen molar-refractivity contribution in [2.45, 2.75) is 129 Å². The van der Waals surface area contributed by atoms with E-state index in [1.165, 1.54) is 51.4 Å². The van der Waals surface area contributed by atoms with E-state index < -0.39 is 8.32 Å². The molecule has 0 aliphatic heterocycles. The Bertz CT molecular complexity index is 431. The van der Waals surface area contributed by atoms with Gasteiger partial charge in [-0.15, -0.1) is 0 Å². The summed E-state index contributed by atoms with van der Waals surface area (Å²) in [6, 6.07) is 0. The SMILES string of the molecule is CCCCC1=C(CCCC)C1C1(O[Si](C(C)C)(C(C)C)C(C)C)CC1. The van der Waals surface area contributed by atoms with E-state index in [0.29, 0.717) is 16.6 Å². The second-order valence-electron chi connectivity index (χ2n) is 9.68. The molecule has 1 nitrogen and oxygen atoms in total. The Labute approximate surface area is 159 Å². The van der Waals surface area contributed by atoms with Crippen molar-refractivity contribution < 1.29 is 4.43 Å². The standard InChI is InChI=1S/C23H44OSi/c1-9-11-13-20-21(14-12-10-2)22(20)23(15-16-23)24-25(17(3)4,18(5)6)19(7)8/h17-19,22H,9-16H2,1-8H3. The van der Waals surface area contributed by atoms with Crippen LogP contribution in [0.4, 0.5) is 0 Å². The van der Waals surface area contributed by atoms with E-state index in [4.69, 9.17) is 4.43 Å². The van der Waals surface area contributed by atoms with E-state index in [1.807, 2.05) is 11.1 Å². The Balaban J connectivity index is 2.18. The topological polar surface area (TPSA) is 9.23 Å². The Morgan fingerprint density at radius 2 is 1.24 bits per heavy atom. The molecule has 1 saturated carbocycles. The van der Waals surface area contributed by atoms with E-state index in [2.05, 4.69) is 55.4 Å². The fourth-order valence-electron chi connectivity index (χ4n) is 5.58. The van der Waals surface area contributed by atoms with Gasteiger partial charge >= 0.3 is 0 Å². The molecule has 146 valence electrons. The molecule has 2 aliphatic carbocycles. The number of hydrogen-bond donors (Lipinski definition) is 0. The summed E-state index contributed by atoms with van der Waals surface area (Å²) in [4.78, 5) is 0. The van der Waals surface area contributed by atoms with Crippen molar-refractivity contribution in [3.63, 3.8) is 0 Å². The zero-order chi connectivity index (χ0) is 18.8. The minimum Gasteiger partial charge on any atom is -0.410 e. The molecule has 25 heavy (non-hydrogen) atoms. The predicted molar refractivity (Wildman–Crippen MR) is 114 cm³/mol. The smallest absolute Gasteiger partial charge is 0.201 e. The molecule has 0 N–H and O–H groups in total. The monoisotopic (exact) mass is 364 g/mol. The minimum absolute atomic E-state index is 0.219. The molecule has 0 spiro atoms. The second kappa shape index (κ2) is 8.29. The van der Waals surface area contributed by atoms with Crippen LogP contribution in [-0.4, -0.2) is 13.9 Å². The van der Waals surface area contributed by atoms with Gasteiger partial charge in [0.15, 0.2) is 0 Å². The predicted octanol–water partition coefficient (Wildman–Crippen LogP) is 8.02. The average Bonchev–Trinajstić information content (AvgIpc) is 3.43. The fourth-order valence-corrected chi connectivity index (χ4v) is 11.3. The number of unbranched alkanes of at least 4 members (excludes halogenated alkanes) is 2. The lowest BCUT2D eigenvalue weighted by Crippen LogP contribution is -2.51. The lowest BCUT2D eigenvalue weighted by atomic mass is 10.0.